The molecule has 0 fully saturated rings. The van der Waals surface area contributed by atoms with Gasteiger partial charge >= 0.3 is 0 Å². The van der Waals surface area contributed by atoms with Crippen LogP contribution in [0.5, 0.6) is 5.75 Å². The van der Waals surface area contributed by atoms with Crippen LogP contribution in [0.25, 0.3) is 11.0 Å². The zero-order valence-corrected chi connectivity index (χ0v) is 14.6. The molecular weight excluding hydrogens is 356 g/mol. The molecule has 3 aromatic rings. The maximum atomic E-state index is 12.9. The number of nitrogens with zero attached hydrogens (tertiary/aromatic N) is 2. The van der Waals surface area contributed by atoms with Gasteiger partial charge in [-0.3, -0.25) is 19.5 Å². The molecule has 2 amide bonds. The second kappa shape index (κ2) is 6.34. The van der Waals surface area contributed by atoms with Gasteiger partial charge in [0.05, 0.1) is 35.3 Å². The average Bonchev–Trinajstić information content (AvgIpc) is 3.00. The van der Waals surface area contributed by atoms with Crippen molar-refractivity contribution in [3.05, 3.63) is 47.5 Å². The number of fused-ring (bicyclic) bond motifs is 3. The van der Waals surface area contributed by atoms with Gasteiger partial charge in [0.15, 0.2) is 0 Å². The van der Waals surface area contributed by atoms with Gasteiger partial charge in [0, 0.05) is 6.07 Å². The van der Waals surface area contributed by atoms with E-state index < -0.39 is 6.04 Å². The second-order valence-electron chi connectivity index (χ2n) is 5.90. The van der Waals surface area contributed by atoms with Gasteiger partial charge in [-0.05, 0) is 24.3 Å². The van der Waals surface area contributed by atoms with Crippen LogP contribution in [0.2, 0.25) is 5.02 Å². The first-order valence-electron chi connectivity index (χ1n) is 7.98. The predicted octanol–water partition coefficient (Wildman–Crippen LogP) is 3.22. The zero-order chi connectivity index (χ0) is 18.3. The number of ether oxygens (including phenoxy) is 1. The van der Waals surface area contributed by atoms with Crippen molar-refractivity contribution in [2.45, 2.75) is 12.5 Å². The summed E-state index contributed by atoms with van der Waals surface area (Å²) in [4.78, 5) is 29.4. The summed E-state index contributed by atoms with van der Waals surface area (Å²) in [5, 5.41) is 5.89. The van der Waals surface area contributed by atoms with Crippen LogP contribution in [0.4, 0.5) is 11.6 Å². The van der Waals surface area contributed by atoms with Crippen LogP contribution in [0.15, 0.2) is 42.5 Å². The summed E-state index contributed by atoms with van der Waals surface area (Å²) in [6, 6.07) is 11.7. The first-order valence-corrected chi connectivity index (χ1v) is 8.36. The first-order chi connectivity index (χ1) is 12.6. The van der Waals surface area contributed by atoms with E-state index in [1.165, 1.54) is 7.11 Å². The van der Waals surface area contributed by atoms with Gasteiger partial charge in [-0.15, -0.1) is 0 Å². The number of carbonyl (C=O) groups excluding carboxylic acids is 2. The van der Waals surface area contributed by atoms with E-state index in [1.54, 1.807) is 22.8 Å². The van der Waals surface area contributed by atoms with E-state index in [-0.39, 0.29) is 18.2 Å². The number of carbonyl (C=O) groups is 2. The first kappa shape index (κ1) is 16.4. The van der Waals surface area contributed by atoms with Gasteiger partial charge in [0.1, 0.15) is 11.8 Å². The van der Waals surface area contributed by atoms with Crippen LogP contribution < -0.4 is 15.4 Å². The number of nitrogens with one attached hydrogen (secondary N) is 2. The van der Waals surface area contributed by atoms with E-state index in [2.05, 4.69) is 15.6 Å². The Morgan fingerprint density at radius 2 is 2.15 bits per heavy atom. The molecule has 2 N–H and O–H groups in total. The topological polar surface area (TPSA) is 85.2 Å². The summed E-state index contributed by atoms with van der Waals surface area (Å²) in [5.74, 6) is 0.322. The number of benzene rings is 2. The largest absolute Gasteiger partial charge is 0.497 e. The fraction of sp³-hybridized carbons (Fsp3) is 0.167. The SMILES string of the molecule is COc1ccc(Cl)c(NC(=O)C2CC(=O)Nc3nc4ccccc4n32)c1. The molecule has 0 radical (unpaired) electrons. The minimum atomic E-state index is -0.728. The minimum absolute atomic E-state index is 0.0147. The van der Waals surface area contributed by atoms with E-state index in [4.69, 9.17) is 16.3 Å². The van der Waals surface area contributed by atoms with Crippen molar-refractivity contribution in [3.63, 3.8) is 0 Å². The number of para-hydroxylation sites is 2. The highest BCUT2D eigenvalue weighted by atomic mass is 35.5. The Morgan fingerprint density at radius 3 is 2.96 bits per heavy atom. The predicted molar refractivity (Wildman–Crippen MR) is 98.7 cm³/mol. The average molecular weight is 371 g/mol. The standard InChI is InChI=1S/C18H15ClN4O3/c1-26-10-6-7-11(19)13(8-10)20-17(25)15-9-16(24)22-18-21-12-4-2-3-5-14(12)23(15)18/h2-8,15H,9H2,1H3,(H,20,25)(H,21,22,24). The number of amides is 2. The Balaban J connectivity index is 1.72. The fourth-order valence-corrected chi connectivity index (χ4v) is 3.21. The van der Waals surface area contributed by atoms with Crippen LogP contribution in [0, 0.1) is 0 Å². The fourth-order valence-electron chi connectivity index (χ4n) is 3.04. The van der Waals surface area contributed by atoms with Gasteiger partial charge in [-0.1, -0.05) is 23.7 Å². The number of imidazole rings is 1. The van der Waals surface area contributed by atoms with Gasteiger partial charge in [0.25, 0.3) is 0 Å². The zero-order valence-electron chi connectivity index (χ0n) is 13.8. The van der Waals surface area contributed by atoms with Crippen molar-refractivity contribution < 1.29 is 14.3 Å². The van der Waals surface area contributed by atoms with Gasteiger partial charge in [-0.25, -0.2) is 4.98 Å². The molecule has 7 nitrogen and oxygen atoms in total. The van der Waals surface area contributed by atoms with Crippen molar-refractivity contribution in [3.8, 4) is 5.75 Å². The summed E-state index contributed by atoms with van der Waals surface area (Å²) in [7, 11) is 1.53. The summed E-state index contributed by atoms with van der Waals surface area (Å²) < 4.78 is 6.90. The quantitative estimate of drug-likeness (QED) is 0.741. The molecule has 0 bridgehead atoms. The molecule has 0 saturated carbocycles. The van der Waals surface area contributed by atoms with Crippen LogP contribution in [0.3, 0.4) is 0 Å². The van der Waals surface area contributed by atoms with Crippen LogP contribution in [-0.2, 0) is 9.59 Å². The lowest BCUT2D eigenvalue weighted by atomic mass is 10.1. The highest BCUT2D eigenvalue weighted by Gasteiger charge is 2.33. The lowest BCUT2D eigenvalue weighted by Gasteiger charge is -2.25. The third kappa shape index (κ3) is 2.76. The number of rotatable bonds is 3. The highest BCUT2D eigenvalue weighted by molar-refractivity contribution is 6.33. The molecule has 0 aliphatic carbocycles. The molecule has 1 atom stereocenters. The number of hydrogen-bond acceptors (Lipinski definition) is 4. The molecule has 26 heavy (non-hydrogen) atoms. The lowest BCUT2D eigenvalue weighted by Crippen LogP contribution is -2.35. The third-order valence-corrected chi connectivity index (χ3v) is 4.60. The Morgan fingerprint density at radius 1 is 1.35 bits per heavy atom. The minimum Gasteiger partial charge on any atom is -0.497 e. The molecule has 0 saturated heterocycles. The molecule has 2 aromatic carbocycles. The molecule has 1 unspecified atom stereocenters. The molecule has 1 aliphatic heterocycles. The van der Waals surface area contributed by atoms with Crippen molar-refractivity contribution in [1.29, 1.82) is 0 Å². The highest BCUT2D eigenvalue weighted by Crippen LogP contribution is 2.32. The summed E-state index contributed by atoms with van der Waals surface area (Å²) >= 11 is 6.17. The summed E-state index contributed by atoms with van der Waals surface area (Å²) in [5.41, 5.74) is 1.91. The van der Waals surface area contributed by atoms with Crippen LogP contribution in [-0.4, -0.2) is 28.5 Å². The van der Waals surface area contributed by atoms with Crippen molar-refractivity contribution in [2.75, 3.05) is 17.7 Å². The third-order valence-electron chi connectivity index (χ3n) is 4.27. The summed E-state index contributed by atoms with van der Waals surface area (Å²) in [6.07, 6.45) is 0.0147. The van der Waals surface area contributed by atoms with E-state index >= 15 is 0 Å². The number of aromatic nitrogens is 2. The van der Waals surface area contributed by atoms with Gasteiger partial charge in [-0.2, -0.15) is 0 Å². The van der Waals surface area contributed by atoms with E-state index in [0.29, 0.717) is 27.9 Å². The van der Waals surface area contributed by atoms with Crippen LogP contribution in [0.1, 0.15) is 12.5 Å². The van der Waals surface area contributed by atoms with Gasteiger partial charge < -0.3 is 10.1 Å². The van der Waals surface area contributed by atoms with Crippen molar-refractivity contribution in [1.82, 2.24) is 9.55 Å². The normalized spacial score (nSPS) is 16.1. The van der Waals surface area contributed by atoms with Crippen molar-refractivity contribution in [2.24, 2.45) is 0 Å². The molecule has 132 valence electrons. The van der Waals surface area contributed by atoms with E-state index in [0.717, 1.165) is 5.52 Å². The molecule has 0 spiro atoms. The maximum absolute atomic E-state index is 12.9. The maximum Gasteiger partial charge on any atom is 0.248 e. The smallest absolute Gasteiger partial charge is 0.248 e. The Labute approximate surface area is 153 Å². The molecule has 8 heteroatoms. The summed E-state index contributed by atoms with van der Waals surface area (Å²) in [6.45, 7) is 0. The van der Waals surface area contributed by atoms with E-state index in [9.17, 15) is 9.59 Å². The number of methoxy groups -OCH3 is 1. The van der Waals surface area contributed by atoms with Crippen molar-refractivity contribution >= 4 is 46.1 Å². The van der Waals surface area contributed by atoms with Gasteiger partial charge in [0.2, 0.25) is 17.8 Å². The van der Waals surface area contributed by atoms with E-state index in [1.807, 2.05) is 24.3 Å². The molecular formula is C18H15ClN4O3. The monoisotopic (exact) mass is 370 g/mol. The number of anilines is 2. The Kier molecular flexibility index (Phi) is 4.00. The Hall–Kier alpha value is -3.06. The molecule has 2 heterocycles. The number of halogens is 1. The van der Waals surface area contributed by atoms with Crippen LogP contribution >= 0.6 is 11.6 Å². The Bertz CT molecular complexity index is 1030. The number of hydrogen-bond donors (Lipinski definition) is 2. The molecule has 1 aromatic heterocycles. The second-order valence-corrected chi connectivity index (χ2v) is 6.30. The molecule has 1 aliphatic rings. The lowest BCUT2D eigenvalue weighted by molar-refractivity contribution is -0.124. The molecule has 4 rings (SSSR count).